The lowest BCUT2D eigenvalue weighted by atomic mass is 10.2. The van der Waals surface area contributed by atoms with E-state index in [9.17, 15) is 4.79 Å². The molecule has 1 aromatic carbocycles. The standard InChI is InChI=1S/C15H14N4O/c1-11-3-5-14(6-4-11)19-9-13(10-20)15(17-19)12-7-16-18(2)8-12/h3-10H,1-2H3. The summed E-state index contributed by atoms with van der Waals surface area (Å²) in [6, 6.07) is 7.98. The Bertz CT molecular complexity index is 753. The van der Waals surface area contributed by atoms with Crippen molar-refractivity contribution in [2.45, 2.75) is 6.92 Å². The lowest BCUT2D eigenvalue weighted by Gasteiger charge is -2.00. The molecule has 2 aromatic heterocycles. The van der Waals surface area contributed by atoms with E-state index in [-0.39, 0.29) is 0 Å². The monoisotopic (exact) mass is 266 g/mol. The summed E-state index contributed by atoms with van der Waals surface area (Å²) < 4.78 is 3.40. The molecule has 0 N–H and O–H groups in total. The Morgan fingerprint density at radius 3 is 2.50 bits per heavy atom. The summed E-state index contributed by atoms with van der Waals surface area (Å²) in [4.78, 5) is 11.2. The summed E-state index contributed by atoms with van der Waals surface area (Å²) in [5, 5.41) is 8.61. The number of benzene rings is 1. The van der Waals surface area contributed by atoms with Gasteiger partial charge in [-0.15, -0.1) is 0 Å². The van der Waals surface area contributed by atoms with Crippen molar-refractivity contribution in [3.63, 3.8) is 0 Å². The fourth-order valence-electron chi connectivity index (χ4n) is 2.07. The number of aryl methyl sites for hydroxylation is 2. The number of hydrogen-bond donors (Lipinski definition) is 0. The van der Waals surface area contributed by atoms with Gasteiger partial charge in [0.25, 0.3) is 0 Å². The first kappa shape index (κ1) is 12.3. The predicted molar refractivity (Wildman–Crippen MR) is 75.9 cm³/mol. The third-order valence-corrected chi connectivity index (χ3v) is 3.15. The Morgan fingerprint density at radius 2 is 1.90 bits per heavy atom. The number of carbonyl (C=O) groups is 1. The Labute approximate surface area is 116 Å². The number of rotatable bonds is 3. The molecule has 0 aliphatic rings. The van der Waals surface area contributed by atoms with Crippen LogP contribution in [-0.2, 0) is 7.05 Å². The van der Waals surface area contributed by atoms with Crippen LogP contribution in [0.25, 0.3) is 16.9 Å². The van der Waals surface area contributed by atoms with Gasteiger partial charge in [0.15, 0.2) is 6.29 Å². The molecule has 0 amide bonds. The van der Waals surface area contributed by atoms with Crippen molar-refractivity contribution in [1.82, 2.24) is 19.6 Å². The van der Waals surface area contributed by atoms with Gasteiger partial charge in [0.05, 0.1) is 17.4 Å². The highest BCUT2D eigenvalue weighted by Gasteiger charge is 2.13. The Kier molecular flexibility index (Phi) is 2.95. The number of aromatic nitrogens is 4. The summed E-state index contributed by atoms with van der Waals surface area (Å²) in [6.45, 7) is 2.03. The molecule has 0 saturated carbocycles. The molecule has 0 saturated heterocycles. The minimum Gasteiger partial charge on any atom is -0.298 e. The fraction of sp³-hybridized carbons (Fsp3) is 0.133. The third-order valence-electron chi connectivity index (χ3n) is 3.15. The van der Waals surface area contributed by atoms with Gasteiger partial charge >= 0.3 is 0 Å². The van der Waals surface area contributed by atoms with Gasteiger partial charge in [-0.05, 0) is 19.1 Å². The molecule has 3 aromatic rings. The number of hydrogen-bond acceptors (Lipinski definition) is 3. The molecular formula is C15H14N4O. The third kappa shape index (κ3) is 2.14. The second-order valence-electron chi connectivity index (χ2n) is 4.73. The van der Waals surface area contributed by atoms with E-state index in [2.05, 4.69) is 10.2 Å². The first-order valence-electron chi connectivity index (χ1n) is 6.28. The van der Waals surface area contributed by atoms with Crippen LogP contribution in [0.1, 0.15) is 15.9 Å². The van der Waals surface area contributed by atoms with Crippen molar-refractivity contribution in [2.75, 3.05) is 0 Å². The lowest BCUT2D eigenvalue weighted by molar-refractivity contribution is 0.112. The molecule has 0 atom stereocenters. The Balaban J connectivity index is 2.09. The number of nitrogens with zero attached hydrogens (tertiary/aromatic N) is 4. The molecule has 0 unspecified atom stereocenters. The first-order valence-corrected chi connectivity index (χ1v) is 6.28. The SMILES string of the molecule is Cc1ccc(-n2cc(C=O)c(-c3cnn(C)c3)n2)cc1. The average molecular weight is 266 g/mol. The maximum Gasteiger partial charge on any atom is 0.153 e. The summed E-state index contributed by atoms with van der Waals surface area (Å²) in [6.07, 6.45) is 6.10. The van der Waals surface area contributed by atoms with Crippen molar-refractivity contribution in [3.8, 4) is 16.9 Å². The van der Waals surface area contributed by atoms with E-state index in [1.807, 2.05) is 44.4 Å². The lowest BCUT2D eigenvalue weighted by Crippen LogP contribution is -1.94. The zero-order valence-corrected chi connectivity index (χ0v) is 11.3. The number of carbonyl (C=O) groups excluding carboxylic acids is 1. The van der Waals surface area contributed by atoms with Gasteiger partial charge in [-0.25, -0.2) is 4.68 Å². The summed E-state index contributed by atoms with van der Waals surface area (Å²) in [7, 11) is 1.83. The minimum absolute atomic E-state index is 0.554. The van der Waals surface area contributed by atoms with Gasteiger partial charge in [0, 0.05) is 25.0 Å². The molecular weight excluding hydrogens is 252 g/mol. The Morgan fingerprint density at radius 1 is 1.15 bits per heavy atom. The normalized spacial score (nSPS) is 10.7. The van der Waals surface area contributed by atoms with Crippen molar-refractivity contribution < 1.29 is 4.79 Å². The molecule has 0 bridgehead atoms. The molecule has 5 nitrogen and oxygen atoms in total. The minimum atomic E-state index is 0.554. The average Bonchev–Trinajstić information content (AvgIpc) is 3.05. The van der Waals surface area contributed by atoms with Crippen molar-refractivity contribution in [2.24, 2.45) is 7.05 Å². The van der Waals surface area contributed by atoms with E-state index in [1.54, 1.807) is 21.8 Å². The van der Waals surface area contributed by atoms with E-state index in [0.717, 1.165) is 17.5 Å². The van der Waals surface area contributed by atoms with Crippen LogP contribution in [0.3, 0.4) is 0 Å². The van der Waals surface area contributed by atoms with Crippen LogP contribution in [0.2, 0.25) is 0 Å². The molecule has 0 fully saturated rings. The predicted octanol–water partition coefficient (Wildman–Crippen LogP) is 2.39. The number of aldehydes is 1. The summed E-state index contributed by atoms with van der Waals surface area (Å²) in [5.41, 5.74) is 4.14. The maximum atomic E-state index is 11.2. The molecule has 0 spiro atoms. The van der Waals surface area contributed by atoms with Gasteiger partial charge in [0.2, 0.25) is 0 Å². The van der Waals surface area contributed by atoms with Gasteiger partial charge in [-0.1, -0.05) is 17.7 Å². The van der Waals surface area contributed by atoms with Gasteiger partial charge in [-0.2, -0.15) is 10.2 Å². The quantitative estimate of drug-likeness (QED) is 0.684. The topological polar surface area (TPSA) is 52.7 Å². The highest BCUT2D eigenvalue weighted by Crippen LogP contribution is 2.22. The summed E-state index contributed by atoms with van der Waals surface area (Å²) >= 11 is 0. The van der Waals surface area contributed by atoms with Crippen molar-refractivity contribution in [3.05, 3.63) is 54.0 Å². The van der Waals surface area contributed by atoms with Crippen molar-refractivity contribution >= 4 is 6.29 Å². The van der Waals surface area contributed by atoms with E-state index in [4.69, 9.17) is 0 Å². The van der Waals surface area contributed by atoms with E-state index < -0.39 is 0 Å². The zero-order chi connectivity index (χ0) is 14.1. The largest absolute Gasteiger partial charge is 0.298 e. The molecule has 0 radical (unpaired) electrons. The van der Waals surface area contributed by atoms with Crippen LogP contribution in [0.5, 0.6) is 0 Å². The second kappa shape index (κ2) is 4.77. The van der Waals surface area contributed by atoms with E-state index >= 15 is 0 Å². The molecule has 100 valence electrons. The van der Waals surface area contributed by atoms with Gasteiger partial charge in [0.1, 0.15) is 5.69 Å². The highest BCUT2D eigenvalue weighted by atomic mass is 16.1. The molecule has 5 heteroatoms. The Hall–Kier alpha value is -2.69. The first-order chi connectivity index (χ1) is 9.67. The molecule has 0 aliphatic carbocycles. The van der Waals surface area contributed by atoms with E-state index in [1.165, 1.54) is 5.56 Å². The smallest absolute Gasteiger partial charge is 0.153 e. The summed E-state index contributed by atoms with van der Waals surface area (Å²) in [5.74, 6) is 0. The van der Waals surface area contributed by atoms with Crippen LogP contribution < -0.4 is 0 Å². The molecule has 2 heterocycles. The fourth-order valence-corrected chi connectivity index (χ4v) is 2.07. The molecule has 3 rings (SSSR count). The molecule has 20 heavy (non-hydrogen) atoms. The zero-order valence-electron chi connectivity index (χ0n) is 11.3. The highest BCUT2D eigenvalue weighted by molar-refractivity contribution is 5.85. The van der Waals surface area contributed by atoms with E-state index in [0.29, 0.717) is 11.3 Å². The maximum absolute atomic E-state index is 11.2. The molecule has 0 aliphatic heterocycles. The van der Waals surface area contributed by atoms with Crippen LogP contribution in [0.15, 0.2) is 42.9 Å². The van der Waals surface area contributed by atoms with Gasteiger partial charge in [-0.3, -0.25) is 9.48 Å². The second-order valence-corrected chi connectivity index (χ2v) is 4.73. The van der Waals surface area contributed by atoms with Crippen LogP contribution in [0, 0.1) is 6.92 Å². The van der Waals surface area contributed by atoms with Gasteiger partial charge < -0.3 is 0 Å². The van der Waals surface area contributed by atoms with Crippen molar-refractivity contribution in [1.29, 1.82) is 0 Å². The van der Waals surface area contributed by atoms with Crippen LogP contribution in [-0.4, -0.2) is 25.8 Å². The van der Waals surface area contributed by atoms with Crippen LogP contribution >= 0.6 is 0 Å². The van der Waals surface area contributed by atoms with Crippen LogP contribution in [0.4, 0.5) is 0 Å².